The molecule has 1 fully saturated rings. The summed E-state index contributed by atoms with van der Waals surface area (Å²) in [5, 5.41) is 10.1. The van der Waals surface area contributed by atoms with Crippen LogP contribution in [0, 0.1) is 6.92 Å². The number of carbonyl (C=O) groups is 1. The van der Waals surface area contributed by atoms with E-state index in [-0.39, 0.29) is 16.9 Å². The first-order valence-electron chi connectivity index (χ1n) is 14.8. The Bertz CT molecular complexity index is 1950. The van der Waals surface area contributed by atoms with Crippen molar-refractivity contribution >= 4 is 32.8 Å². The predicted octanol–water partition coefficient (Wildman–Crippen LogP) is 6.71. The normalized spacial score (nSPS) is 17.7. The lowest BCUT2D eigenvalue weighted by Crippen LogP contribution is -2.52. The lowest BCUT2D eigenvalue weighted by molar-refractivity contribution is 0.0530. The standard InChI is InChI=1S/C33H37N5O5S/c1-21-9-15-26(16-10-21)44(41,42)36-18-17-27-31(36)34-20-28-29(22-11-13-25(43-5)14-12-22)35-30(37(27)28)23-7-6-8-24(19-23)38(32(39)40)33(2,3)4/h9-18,20,23-24H,6-8,19H2,1-5H3,(H,39,40)/t23-,24+/m0/s1. The maximum Gasteiger partial charge on any atom is 0.407 e. The van der Waals surface area contributed by atoms with Crippen LogP contribution in [0.4, 0.5) is 4.79 Å². The Hall–Kier alpha value is -4.38. The second-order valence-corrected chi connectivity index (χ2v) is 14.3. The number of amides is 1. The second kappa shape index (κ2) is 11.0. The highest BCUT2D eigenvalue weighted by molar-refractivity contribution is 7.90. The van der Waals surface area contributed by atoms with Gasteiger partial charge in [0, 0.05) is 29.3 Å². The third-order valence-electron chi connectivity index (χ3n) is 8.54. The van der Waals surface area contributed by atoms with Crippen LogP contribution in [0.25, 0.3) is 27.9 Å². The maximum absolute atomic E-state index is 13.7. The molecule has 3 aromatic heterocycles. The van der Waals surface area contributed by atoms with E-state index in [1.807, 2.05) is 56.4 Å². The molecule has 44 heavy (non-hydrogen) atoms. The molecular weight excluding hydrogens is 578 g/mol. The number of aromatic nitrogens is 4. The van der Waals surface area contributed by atoms with Gasteiger partial charge in [0.2, 0.25) is 0 Å². The van der Waals surface area contributed by atoms with Crippen molar-refractivity contribution in [2.24, 2.45) is 0 Å². The SMILES string of the molecule is COc1ccc(-c2nc([C@H]3CCC[C@@H](N(C(=O)O)C(C)(C)C)C3)n3c2cnc2c3ccn2S(=O)(=O)c2ccc(C)cc2)cc1. The summed E-state index contributed by atoms with van der Waals surface area (Å²) in [6.45, 7) is 7.67. The van der Waals surface area contributed by atoms with Crippen molar-refractivity contribution in [3.63, 3.8) is 0 Å². The van der Waals surface area contributed by atoms with E-state index in [9.17, 15) is 18.3 Å². The molecule has 1 amide bonds. The van der Waals surface area contributed by atoms with Crippen molar-refractivity contribution in [3.05, 3.63) is 78.4 Å². The third-order valence-corrected chi connectivity index (χ3v) is 10.2. The fourth-order valence-corrected chi connectivity index (χ4v) is 7.81. The number of aryl methyl sites for hydroxylation is 1. The number of nitrogens with zero attached hydrogens (tertiary/aromatic N) is 5. The Morgan fingerprint density at radius 3 is 2.36 bits per heavy atom. The number of imidazole rings is 1. The zero-order chi connectivity index (χ0) is 31.4. The Morgan fingerprint density at radius 2 is 1.73 bits per heavy atom. The van der Waals surface area contributed by atoms with Crippen LogP contribution in [0.5, 0.6) is 5.75 Å². The largest absolute Gasteiger partial charge is 0.497 e. The van der Waals surface area contributed by atoms with Crippen LogP contribution in [-0.2, 0) is 10.0 Å². The number of benzene rings is 2. The van der Waals surface area contributed by atoms with Crippen molar-refractivity contribution < 1.29 is 23.1 Å². The number of ether oxygens (including phenoxy) is 1. The first-order valence-corrected chi connectivity index (χ1v) is 16.2. The van der Waals surface area contributed by atoms with Crippen molar-refractivity contribution in [1.29, 1.82) is 0 Å². The smallest absolute Gasteiger partial charge is 0.407 e. The Kier molecular flexibility index (Phi) is 7.39. The number of carboxylic acid groups (broad SMARTS) is 1. The maximum atomic E-state index is 13.7. The summed E-state index contributed by atoms with van der Waals surface area (Å²) in [5.41, 5.74) is 3.67. The number of hydrogen-bond acceptors (Lipinski definition) is 6. The van der Waals surface area contributed by atoms with Gasteiger partial charge in [0.05, 0.1) is 34.9 Å². The van der Waals surface area contributed by atoms with Crippen molar-refractivity contribution in [3.8, 4) is 17.0 Å². The number of fused-ring (bicyclic) bond motifs is 3. The summed E-state index contributed by atoms with van der Waals surface area (Å²) >= 11 is 0. The van der Waals surface area contributed by atoms with Gasteiger partial charge in [-0.3, -0.25) is 4.40 Å². The van der Waals surface area contributed by atoms with Crippen LogP contribution >= 0.6 is 0 Å². The highest BCUT2D eigenvalue weighted by Crippen LogP contribution is 2.40. The van der Waals surface area contributed by atoms with E-state index in [4.69, 9.17) is 9.72 Å². The van der Waals surface area contributed by atoms with E-state index in [0.29, 0.717) is 17.6 Å². The molecule has 6 rings (SSSR count). The predicted molar refractivity (Wildman–Crippen MR) is 169 cm³/mol. The highest BCUT2D eigenvalue weighted by Gasteiger charge is 2.38. The van der Waals surface area contributed by atoms with E-state index in [1.54, 1.807) is 54.7 Å². The first-order chi connectivity index (χ1) is 20.9. The van der Waals surface area contributed by atoms with E-state index in [2.05, 4.69) is 4.98 Å². The average Bonchev–Trinajstić information content (AvgIpc) is 3.59. The molecule has 0 spiro atoms. The molecule has 10 nitrogen and oxygen atoms in total. The highest BCUT2D eigenvalue weighted by atomic mass is 32.2. The topological polar surface area (TPSA) is 119 Å². The fraction of sp³-hybridized carbons (Fsp3) is 0.364. The molecule has 5 aromatic rings. The molecule has 3 heterocycles. The first kappa shape index (κ1) is 29.7. The molecule has 1 aliphatic carbocycles. The molecule has 1 N–H and O–H groups in total. The van der Waals surface area contributed by atoms with Crippen LogP contribution in [-0.4, -0.2) is 61.5 Å². The summed E-state index contributed by atoms with van der Waals surface area (Å²) < 4.78 is 36.1. The summed E-state index contributed by atoms with van der Waals surface area (Å²) in [7, 11) is -2.29. The van der Waals surface area contributed by atoms with Crippen LogP contribution < -0.4 is 4.74 Å². The third kappa shape index (κ3) is 5.08. The van der Waals surface area contributed by atoms with Gasteiger partial charge in [-0.05, 0) is 89.4 Å². The van der Waals surface area contributed by atoms with Crippen LogP contribution in [0.3, 0.4) is 0 Å². The average molecular weight is 616 g/mol. The zero-order valence-corrected chi connectivity index (χ0v) is 26.4. The van der Waals surface area contributed by atoms with Crippen molar-refractivity contribution in [2.45, 2.75) is 75.8 Å². The van der Waals surface area contributed by atoms with Gasteiger partial charge in [-0.15, -0.1) is 0 Å². The van der Waals surface area contributed by atoms with Gasteiger partial charge in [-0.2, -0.15) is 0 Å². The Labute approximate surface area is 257 Å². The molecule has 2 atom stereocenters. The molecule has 0 radical (unpaired) electrons. The lowest BCUT2D eigenvalue weighted by atomic mass is 9.83. The minimum atomic E-state index is -3.91. The van der Waals surface area contributed by atoms with E-state index < -0.39 is 21.7 Å². The molecule has 0 bridgehead atoms. The van der Waals surface area contributed by atoms with Crippen molar-refractivity contribution in [1.82, 2.24) is 23.2 Å². The van der Waals surface area contributed by atoms with Gasteiger partial charge in [-0.1, -0.05) is 24.1 Å². The van der Waals surface area contributed by atoms with E-state index >= 15 is 0 Å². The lowest BCUT2D eigenvalue weighted by Gasteiger charge is -2.43. The monoisotopic (exact) mass is 615 g/mol. The quantitative estimate of drug-likeness (QED) is 0.226. The summed E-state index contributed by atoms with van der Waals surface area (Å²) in [5.74, 6) is 1.44. The van der Waals surface area contributed by atoms with Gasteiger partial charge in [-0.25, -0.2) is 27.2 Å². The minimum absolute atomic E-state index is 0.0555. The van der Waals surface area contributed by atoms with Crippen LogP contribution in [0.15, 0.2) is 71.9 Å². The molecule has 0 saturated heterocycles. The number of rotatable bonds is 6. The van der Waals surface area contributed by atoms with Crippen LogP contribution in [0.2, 0.25) is 0 Å². The summed E-state index contributed by atoms with van der Waals surface area (Å²) in [6.07, 6.45) is 5.35. The molecule has 2 aromatic carbocycles. The van der Waals surface area contributed by atoms with Gasteiger partial charge < -0.3 is 14.7 Å². The molecule has 1 aliphatic rings. The van der Waals surface area contributed by atoms with E-state index in [1.165, 1.54) is 3.97 Å². The number of methoxy groups -OCH3 is 1. The molecule has 11 heteroatoms. The van der Waals surface area contributed by atoms with E-state index in [0.717, 1.165) is 53.2 Å². The molecule has 0 aliphatic heterocycles. The number of hydrogen-bond donors (Lipinski definition) is 1. The summed E-state index contributed by atoms with van der Waals surface area (Å²) in [6, 6.07) is 16.0. The molecule has 1 saturated carbocycles. The van der Waals surface area contributed by atoms with Crippen molar-refractivity contribution in [2.75, 3.05) is 7.11 Å². The van der Waals surface area contributed by atoms with Crippen LogP contribution in [0.1, 0.15) is 63.8 Å². The van der Waals surface area contributed by atoms with Gasteiger partial charge in [0.25, 0.3) is 10.0 Å². The van der Waals surface area contributed by atoms with Gasteiger partial charge in [0.1, 0.15) is 11.6 Å². The fourth-order valence-electron chi connectivity index (χ4n) is 6.52. The molecule has 0 unspecified atom stereocenters. The van der Waals surface area contributed by atoms with Gasteiger partial charge in [0.15, 0.2) is 5.65 Å². The Morgan fingerprint density at radius 1 is 1.02 bits per heavy atom. The molecular formula is C33H37N5O5S. The summed E-state index contributed by atoms with van der Waals surface area (Å²) in [4.78, 5) is 24.0. The zero-order valence-electron chi connectivity index (χ0n) is 25.6. The minimum Gasteiger partial charge on any atom is -0.497 e. The van der Waals surface area contributed by atoms with Gasteiger partial charge >= 0.3 is 6.09 Å². The second-order valence-electron chi connectivity index (χ2n) is 12.5. The molecule has 230 valence electrons. The Balaban J connectivity index is 1.53.